The first-order valence-electron chi connectivity index (χ1n) is 5.70. The third-order valence-corrected chi connectivity index (χ3v) is 3.06. The number of halogens is 2. The third kappa shape index (κ3) is 3.31. The van der Waals surface area contributed by atoms with Crippen LogP contribution in [0.15, 0.2) is 46.9 Å². The molecule has 0 aliphatic carbocycles. The molecule has 0 saturated heterocycles. The largest absolute Gasteiger partial charge is 0.353 e. The highest BCUT2D eigenvalue weighted by atomic mass is 79.9. The molecule has 94 valence electrons. The lowest BCUT2D eigenvalue weighted by atomic mass is 10.1. The maximum absolute atomic E-state index is 13.8. The second kappa shape index (κ2) is 5.98. The smallest absolute Gasteiger partial charge is 0.146 e. The van der Waals surface area contributed by atoms with Gasteiger partial charge in [0.25, 0.3) is 0 Å². The van der Waals surface area contributed by atoms with Crippen molar-refractivity contribution in [2.75, 3.05) is 11.9 Å². The highest BCUT2D eigenvalue weighted by Gasteiger charge is 2.04. The van der Waals surface area contributed by atoms with E-state index in [0.717, 1.165) is 15.7 Å². The van der Waals surface area contributed by atoms with Gasteiger partial charge in [-0.3, -0.25) is 0 Å². The Hall–Kier alpha value is -1.39. The van der Waals surface area contributed by atoms with E-state index in [1.807, 2.05) is 30.3 Å². The molecule has 0 heterocycles. The Balaban J connectivity index is 2.19. The Morgan fingerprint density at radius 2 is 2.00 bits per heavy atom. The predicted octanol–water partition coefficient (Wildman–Crippen LogP) is 3.83. The molecule has 2 rings (SSSR count). The van der Waals surface area contributed by atoms with Gasteiger partial charge in [0.05, 0.1) is 5.69 Å². The number of benzene rings is 2. The molecule has 0 unspecified atom stereocenters. The summed E-state index contributed by atoms with van der Waals surface area (Å²) in [4.78, 5) is 0. The lowest BCUT2D eigenvalue weighted by molar-refractivity contribution is 0.629. The van der Waals surface area contributed by atoms with Crippen LogP contribution in [-0.2, 0) is 6.42 Å². The SMILES string of the molecule is NCCc1ccc(Nc2cccc(Br)c2)c(F)c1. The Labute approximate surface area is 114 Å². The van der Waals surface area contributed by atoms with Gasteiger partial charge in [-0.05, 0) is 48.9 Å². The number of nitrogens with one attached hydrogen (secondary N) is 1. The van der Waals surface area contributed by atoms with E-state index < -0.39 is 0 Å². The van der Waals surface area contributed by atoms with E-state index in [1.165, 1.54) is 6.07 Å². The van der Waals surface area contributed by atoms with Crippen LogP contribution in [0.4, 0.5) is 15.8 Å². The molecule has 0 aliphatic rings. The van der Waals surface area contributed by atoms with Crippen molar-refractivity contribution in [3.63, 3.8) is 0 Å². The average Bonchev–Trinajstić information content (AvgIpc) is 2.33. The predicted molar refractivity (Wildman–Crippen MR) is 76.6 cm³/mol. The summed E-state index contributed by atoms with van der Waals surface area (Å²) < 4.78 is 14.8. The molecule has 4 heteroatoms. The van der Waals surface area contributed by atoms with Gasteiger partial charge in [-0.25, -0.2) is 4.39 Å². The minimum atomic E-state index is -0.263. The van der Waals surface area contributed by atoms with E-state index in [9.17, 15) is 4.39 Å². The van der Waals surface area contributed by atoms with Crippen LogP contribution < -0.4 is 11.1 Å². The summed E-state index contributed by atoms with van der Waals surface area (Å²) in [5.74, 6) is -0.263. The topological polar surface area (TPSA) is 38.0 Å². The average molecular weight is 309 g/mol. The van der Waals surface area contributed by atoms with Gasteiger partial charge < -0.3 is 11.1 Å². The minimum absolute atomic E-state index is 0.263. The Morgan fingerprint density at radius 1 is 1.17 bits per heavy atom. The molecule has 0 aliphatic heterocycles. The Bertz CT molecular complexity index is 543. The summed E-state index contributed by atoms with van der Waals surface area (Å²) in [7, 11) is 0. The van der Waals surface area contributed by atoms with E-state index in [2.05, 4.69) is 21.2 Å². The van der Waals surface area contributed by atoms with Gasteiger partial charge >= 0.3 is 0 Å². The van der Waals surface area contributed by atoms with E-state index in [0.29, 0.717) is 18.7 Å². The molecule has 2 aromatic carbocycles. The monoisotopic (exact) mass is 308 g/mol. The highest BCUT2D eigenvalue weighted by molar-refractivity contribution is 9.10. The van der Waals surface area contributed by atoms with Crippen molar-refractivity contribution in [3.05, 3.63) is 58.3 Å². The lowest BCUT2D eigenvalue weighted by Gasteiger charge is -2.09. The van der Waals surface area contributed by atoms with Crippen molar-refractivity contribution < 1.29 is 4.39 Å². The van der Waals surface area contributed by atoms with Gasteiger partial charge in [0.1, 0.15) is 5.82 Å². The Morgan fingerprint density at radius 3 is 2.67 bits per heavy atom. The Kier molecular flexibility index (Phi) is 4.33. The molecule has 0 radical (unpaired) electrons. The number of anilines is 2. The van der Waals surface area contributed by atoms with Crippen LogP contribution in [0.3, 0.4) is 0 Å². The summed E-state index contributed by atoms with van der Waals surface area (Å²) in [5, 5.41) is 3.05. The zero-order valence-corrected chi connectivity index (χ0v) is 11.4. The van der Waals surface area contributed by atoms with Crippen LogP contribution in [0.2, 0.25) is 0 Å². The van der Waals surface area contributed by atoms with Crippen LogP contribution in [0, 0.1) is 5.82 Å². The summed E-state index contributed by atoms with van der Waals surface area (Å²) in [6.07, 6.45) is 0.689. The summed E-state index contributed by atoms with van der Waals surface area (Å²) in [6.45, 7) is 0.526. The van der Waals surface area contributed by atoms with Gasteiger partial charge in [-0.15, -0.1) is 0 Å². The van der Waals surface area contributed by atoms with Crippen LogP contribution in [0.1, 0.15) is 5.56 Å². The van der Waals surface area contributed by atoms with Crippen LogP contribution in [0.25, 0.3) is 0 Å². The van der Waals surface area contributed by atoms with E-state index in [-0.39, 0.29) is 5.82 Å². The van der Waals surface area contributed by atoms with Gasteiger partial charge in [-0.2, -0.15) is 0 Å². The molecule has 2 aromatic rings. The van der Waals surface area contributed by atoms with Crippen molar-refractivity contribution in [1.82, 2.24) is 0 Å². The summed E-state index contributed by atoms with van der Waals surface area (Å²) in [5.41, 5.74) is 7.67. The van der Waals surface area contributed by atoms with E-state index in [4.69, 9.17) is 5.73 Å². The maximum Gasteiger partial charge on any atom is 0.146 e. The van der Waals surface area contributed by atoms with Crippen LogP contribution in [-0.4, -0.2) is 6.54 Å². The van der Waals surface area contributed by atoms with Gasteiger partial charge in [0.2, 0.25) is 0 Å². The molecule has 0 atom stereocenters. The van der Waals surface area contributed by atoms with Crippen LogP contribution >= 0.6 is 15.9 Å². The number of hydrogen-bond acceptors (Lipinski definition) is 2. The van der Waals surface area contributed by atoms with Crippen molar-refractivity contribution in [2.45, 2.75) is 6.42 Å². The molecule has 18 heavy (non-hydrogen) atoms. The molecular formula is C14H14BrFN2. The zero-order chi connectivity index (χ0) is 13.0. The number of hydrogen-bond donors (Lipinski definition) is 2. The fourth-order valence-electron chi connectivity index (χ4n) is 1.70. The second-order valence-corrected chi connectivity index (χ2v) is 4.90. The van der Waals surface area contributed by atoms with E-state index >= 15 is 0 Å². The first kappa shape index (κ1) is 13.1. The van der Waals surface area contributed by atoms with Crippen LogP contribution in [0.5, 0.6) is 0 Å². The fourth-order valence-corrected chi connectivity index (χ4v) is 2.10. The van der Waals surface area contributed by atoms with Gasteiger partial charge in [0.15, 0.2) is 0 Å². The standard InChI is InChI=1S/C14H14BrFN2/c15-11-2-1-3-12(9-11)18-14-5-4-10(6-7-17)8-13(14)16/h1-5,8-9,18H,6-7,17H2. The molecule has 3 N–H and O–H groups in total. The summed E-state index contributed by atoms with van der Waals surface area (Å²) >= 11 is 3.38. The second-order valence-electron chi connectivity index (χ2n) is 3.99. The quantitative estimate of drug-likeness (QED) is 0.901. The third-order valence-electron chi connectivity index (χ3n) is 2.57. The van der Waals surface area contributed by atoms with Crippen molar-refractivity contribution in [1.29, 1.82) is 0 Å². The molecule has 0 fully saturated rings. The molecule has 2 nitrogen and oxygen atoms in total. The molecular weight excluding hydrogens is 295 g/mol. The molecule has 0 aromatic heterocycles. The lowest BCUT2D eigenvalue weighted by Crippen LogP contribution is -2.03. The van der Waals surface area contributed by atoms with Gasteiger partial charge in [-0.1, -0.05) is 28.1 Å². The normalized spacial score (nSPS) is 10.4. The maximum atomic E-state index is 13.8. The number of nitrogens with two attached hydrogens (primary N) is 1. The van der Waals surface area contributed by atoms with Crippen molar-refractivity contribution in [3.8, 4) is 0 Å². The fraction of sp³-hybridized carbons (Fsp3) is 0.143. The summed E-state index contributed by atoms with van der Waals surface area (Å²) in [6, 6.07) is 12.7. The van der Waals surface area contributed by atoms with Gasteiger partial charge in [0, 0.05) is 10.2 Å². The molecule has 0 amide bonds. The molecule has 0 spiro atoms. The van der Waals surface area contributed by atoms with Crippen molar-refractivity contribution in [2.24, 2.45) is 5.73 Å². The van der Waals surface area contributed by atoms with Crippen molar-refractivity contribution >= 4 is 27.3 Å². The van der Waals surface area contributed by atoms with E-state index in [1.54, 1.807) is 6.07 Å². The molecule has 0 saturated carbocycles. The highest BCUT2D eigenvalue weighted by Crippen LogP contribution is 2.23. The number of rotatable bonds is 4. The first-order valence-corrected chi connectivity index (χ1v) is 6.49. The molecule has 0 bridgehead atoms. The zero-order valence-electron chi connectivity index (χ0n) is 9.79. The first-order chi connectivity index (χ1) is 8.69. The minimum Gasteiger partial charge on any atom is -0.353 e.